The van der Waals surface area contributed by atoms with Crippen LogP contribution >= 0.6 is 23.2 Å². The van der Waals surface area contributed by atoms with Gasteiger partial charge in [-0.25, -0.2) is 0 Å². The largest absolute Gasteiger partial charge is 0.495 e. The van der Waals surface area contributed by atoms with Crippen LogP contribution in [0, 0.1) is 0 Å². The van der Waals surface area contributed by atoms with Crippen LogP contribution in [0.5, 0.6) is 11.5 Å². The lowest BCUT2D eigenvalue weighted by Gasteiger charge is -2.26. The number of H-pyrrole nitrogens is 1. The van der Waals surface area contributed by atoms with Crippen LogP contribution in [-0.4, -0.2) is 63.5 Å². The third-order valence-electron chi connectivity index (χ3n) is 6.78. The van der Waals surface area contributed by atoms with Gasteiger partial charge in [-0.3, -0.25) is 5.10 Å². The van der Waals surface area contributed by atoms with E-state index in [2.05, 4.69) is 53.3 Å². The minimum absolute atomic E-state index is 0.116. The Kier molecular flexibility index (Phi) is 7.69. The van der Waals surface area contributed by atoms with Crippen LogP contribution in [0.2, 0.25) is 10.0 Å². The summed E-state index contributed by atoms with van der Waals surface area (Å²) >= 11 is 13.4. The van der Waals surface area contributed by atoms with Gasteiger partial charge in [0.1, 0.15) is 11.5 Å². The fraction of sp³-hybridized carbons (Fsp3) is 0.423. The molecule has 1 aliphatic rings. The molecule has 0 bridgehead atoms. The number of methoxy groups -OCH3 is 2. The fourth-order valence-corrected chi connectivity index (χ4v) is 5.53. The first-order chi connectivity index (χ1) is 16.7. The Balaban J connectivity index is 1.60. The summed E-state index contributed by atoms with van der Waals surface area (Å²) in [5, 5.41) is 8.97. The van der Waals surface area contributed by atoms with Gasteiger partial charge in [0.2, 0.25) is 0 Å². The monoisotopic (exact) mass is 517 g/mol. The number of halogens is 2. The van der Waals surface area contributed by atoms with Crippen LogP contribution in [0.4, 0.5) is 11.4 Å². The van der Waals surface area contributed by atoms with Gasteiger partial charge < -0.3 is 25.0 Å². The zero-order chi connectivity index (χ0) is 25.3. The van der Waals surface area contributed by atoms with Gasteiger partial charge in [0.15, 0.2) is 0 Å². The predicted molar refractivity (Wildman–Crippen MR) is 145 cm³/mol. The molecule has 4 rings (SSSR count). The number of nitrogens with zero attached hydrogens (tertiary/aromatic N) is 3. The van der Waals surface area contributed by atoms with E-state index < -0.39 is 0 Å². The molecule has 0 aliphatic heterocycles. The zero-order valence-corrected chi connectivity index (χ0v) is 22.4. The highest BCUT2D eigenvalue weighted by Crippen LogP contribution is 2.48. The first kappa shape index (κ1) is 25.5. The Hall–Kier alpha value is -2.61. The van der Waals surface area contributed by atoms with Crippen molar-refractivity contribution >= 4 is 34.6 Å². The molecule has 0 radical (unpaired) electrons. The summed E-state index contributed by atoms with van der Waals surface area (Å²) in [4.78, 5) is 4.38. The normalized spacial score (nSPS) is 15.3. The van der Waals surface area contributed by atoms with E-state index in [0.29, 0.717) is 21.5 Å². The van der Waals surface area contributed by atoms with Gasteiger partial charge in [-0.2, -0.15) is 5.10 Å². The van der Waals surface area contributed by atoms with Crippen molar-refractivity contribution in [2.75, 3.05) is 59.1 Å². The molecule has 3 N–H and O–H groups in total. The van der Waals surface area contributed by atoms with Crippen molar-refractivity contribution in [2.24, 2.45) is 0 Å². The lowest BCUT2D eigenvalue weighted by molar-refractivity contribution is 0.392. The van der Waals surface area contributed by atoms with Gasteiger partial charge in [-0.15, -0.1) is 0 Å². The molecule has 3 aromatic rings. The molecule has 0 spiro atoms. The highest BCUT2D eigenvalue weighted by atomic mass is 35.5. The minimum atomic E-state index is 0.116. The van der Waals surface area contributed by atoms with E-state index in [1.165, 1.54) is 5.56 Å². The standard InChI is InChI=1S/C26H33Cl2N5O2/c1-32(2)10-11-33(3)16-7-9-17(19(29)13-16)26-18-8-6-15(12-20(18)30-31-26)23-24(27)21(34-4)14-22(35-5)25(23)28/h7,9,13-15H,6,8,10-12,29H2,1-5H3,(H,30,31). The van der Waals surface area contributed by atoms with Crippen LogP contribution in [-0.2, 0) is 12.8 Å². The average molecular weight is 518 g/mol. The van der Waals surface area contributed by atoms with Crippen molar-refractivity contribution in [2.45, 2.75) is 25.2 Å². The lowest BCUT2D eigenvalue weighted by Crippen LogP contribution is -2.28. The van der Waals surface area contributed by atoms with E-state index in [9.17, 15) is 0 Å². The van der Waals surface area contributed by atoms with E-state index in [-0.39, 0.29) is 5.92 Å². The molecule has 0 saturated carbocycles. The summed E-state index contributed by atoms with van der Waals surface area (Å²) in [6.45, 7) is 1.89. The van der Waals surface area contributed by atoms with Crippen LogP contribution < -0.4 is 20.1 Å². The van der Waals surface area contributed by atoms with Crippen molar-refractivity contribution < 1.29 is 9.47 Å². The topological polar surface area (TPSA) is 79.6 Å². The molecule has 2 aromatic carbocycles. The molecular formula is C26H33Cl2N5O2. The SMILES string of the molecule is COc1cc(OC)c(Cl)c(C2CCc3c(-c4ccc(N(C)CCN(C)C)cc4N)n[nH]c3C2)c1Cl. The lowest BCUT2D eigenvalue weighted by atomic mass is 9.81. The summed E-state index contributed by atoms with van der Waals surface area (Å²) in [6, 6.07) is 7.93. The molecule has 188 valence electrons. The number of nitrogens with one attached hydrogen (secondary N) is 1. The molecule has 1 aliphatic carbocycles. The number of fused-ring (bicyclic) bond motifs is 1. The maximum absolute atomic E-state index is 6.69. The molecule has 1 unspecified atom stereocenters. The number of nitrogen functional groups attached to an aromatic ring is 1. The van der Waals surface area contributed by atoms with Gasteiger partial charge in [-0.1, -0.05) is 23.2 Å². The molecule has 1 atom stereocenters. The molecule has 0 saturated heterocycles. The number of ether oxygens (including phenoxy) is 2. The van der Waals surface area contributed by atoms with Crippen molar-refractivity contribution in [1.29, 1.82) is 0 Å². The predicted octanol–water partition coefficient (Wildman–Crippen LogP) is 5.25. The second-order valence-electron chi connectivity index (χ2n) is 9.29. The van der Waals surface area contributed by atoms with Gasteiger partial charge in [-0.05, 0) is 57.5 Å². The van der Waals surface area contributed by atoms with Crippen molar-refractivity contribution in [3.8, 4) is 22.8 Å². The molecule has 35 heavy (non-hydrogen) atoms. The van der Waals surface area contributed by atoms with Crippen LogP contribution in [0.1, 0.15) is 29.2 Å². The molecule has 0 fully saturated rings. The maximum Gasteiger partial charge on any atom is 0.141 e. The maximum atomic E-state index is 6.69. The summed E-state index contributed by atoms with van der Waals surface area (Å²) in [5.74, 6) is 1.23. The Morgan fingerprint density at radius 1 is 1.06 bits per heavy atom. The third kappa shape index (κ3) is 5.03. The fourth-order valence-electron chi connectivity index (χ4n) is 4.72. The van der Waals surface area contributed by atoms with Gasteiger partial charge in [0.25, 0.3) is 0 Å². The number of hydrogen-bond donors (Lipinski definition) is 2. The van der Waals surface area contributed by atoms with Crippen molar-refractivity contribution in [3.05, 3.63) is 51.1 Å². The number of nitrogens with two attached hydrogens (primary N) is 1. The van der Waals surface area contributed by atoms with E-state index in [1.807, 2.05) is 6.07 Å². The zero-order valence-electron chi connectivity index (χ0n) is 20.9. The first-order valence-corrected chi connectivity index (χ1v) is 12.4. The van der Waals surface area contributed by atoms with Crippen LogP contribution in [0.15, 0.2) is 24.3 Å². The first-order valence-electron chi connectivity index (χ1n) is 11.7. The van der Waals surface area contributed by atoms with E-state index in [0.717, 1.165) is 66.2 Å². The molecule has 1 heterocycles. The molecular weight excluding hydrogens is 485 g/mol. The second kappa shape index (κ2) is 10.6. The summed E-state index contributed by atoms with van der Waals surface area (Å²) in [7, 11) is 9.41. The Bertz CT molecular complexity index is 1180. The highest BCUT2D eigenvalue weighted by Gasteiger charge is 2.30. The number of aromatic amines is 1. The summed E-state index contributed by atoms with van der Waals surface area (Å²) in [5.41, 5.74) is 13.3. The number of anilines is 2. The quantitative estimate of drug-likeness (QED) is 0.397. The Morgan fingerprint density at radius 3 is 2.34 bits per heavy atom. The van der Waals surface area contributed by atoms with Crippen molar-refractivity contribution in [1.82, 2.24) is 15.1 Å². The van der Waals surface area contributed by atoms with E-state index >= 15 is 0 Å². The molecule has 7 nitrogen and oxygen atoms in total. The Morgan fingerprint density at radius 2 is 1.74 bits per heavy atom. The number of benzene rings is 2. The number of aromatic nitrogens is 2. The molecule has 9 heteroatoms. The number of hydrogen-bond acceptors (Lipinski definition) is 6. The van der Waals surface area contributed by atoms with Crippen LogP contribution in [0.25, 0.3) is 11.3 Å². The number of rotatable bonds is 8. The second-order valence-corrected chi connectivity index (χ2v) is 10.0. The highest BCUT2D eigenvalue weighted by molar-refractivity contribution is 6.38. The molecule has 0 amide bonds. The van der Waals surface area contributed by atoms with Crippen molar-refractivity contribution in [3.63, 3.8) is 0 Å². The van der Waals surface area contributed by atoms with Gasteiger partial charge in [0.05, 0.1) is 30.0 Å². The summed E-state index contributed by atoms with van der Waals surface area (Å²) < 4.78 is 10.9. The van der Waals surface area contributed by atoms with Gasteiger partial charge in [0, 0.05) is 60.0 Å². The number of likely N-dealkylation sites (N-methyl/N-ethyl adjacent to an activating group) is 2. The van der Waals surface area contributed by atoms with E-state index in [1.54, 1.807) is 20.3 Å². The Labute approximate surface area is 217 Å². The third-order valence-corrected chi connectivity index (χ3v) is 7.56. The summed E-state index contributed by atoms with van der Waals surface area (Å²) in [6.07, 6.45) is 2.45. The van der Waals surface area contributed by atoms with Crippen LogP contribution in [0.3, 0.4) is 0 Å². The van der Waals surface area contributed by atoms with E-state index in [4.69, 9.17) is 38.4 Å². The minimum Gasteiger partial charge on any atom is -0.495 e. The molecule has 1 aromatic heterocycles. The average Bonchev–Trinajstić information content (AvgIpc) is 3.26. The smallest absolute Gasteiger partial charge is 0.141 e. The van der Waals surface area contributed by atoms with Gasteiger partial charge >= 0.3 is 0 Å².